The van der Waals surface area contributed by atoms with Crippen LogP contribution in [-0.2, 0) is 12.8 Å². The minimum Gasteiger partial charge on any atom is -0.387 e. The number of aliphatic hydroxyl groups excluding tert-OH is 1. The molecule has 0 aromatic carbocycles. The Morgan fingerprint density at radius 2 is 2.38 bits per heavy atom. The lowest BCUT2D eigenvalue weighted by atomic mass is 10.1. The second-order valence-electron chi connectivity index (χ2n) is 3.51. The van der Waals surface area contributed by atoms with Crippen molar-refractivity contribution in [2.24, 2.45) is 5.73 Å². The summed E-state index contributed by atoms with van der Waals surface area (Å²) in [4.78, 5) is 0. The van der Waals surface area contributed by atoms with Gasteiger partial charge in [-0.15, -0.1) is 0 Å². The monoisotopic (exact) mass is 181 g/mol. The van der Waals surface area contributed by atoms with Gasteiger partial charge in [-0.25, -0.2) is 0 Å². The molecular weight excluding hydrogens is 166 g/mol. The van der Waals surface area contributed by atoms with Gasteiger partial charge < -0.3 is 10.8 Å². The predicted octanol–water partition coefficient (Wildman–Crippen LogP) is 0.281. The number of nitrogens with two attached hydrogens (primary N) is 1. The second kappa shape index (κ2) is 3.47. The molecule has 0 saturated carbocycles. The van der Waals surface area contributed by atoms with Crippen LogP contribution in [0.4, 0.5) is 0 Å². The summed E-state index contributed by atoms with van der Waals surface area (Å²) in [5.41, 5.74) is 8.62. The van der Waals surface area contributed by atoms with Gasteiger partial charge in [-0.3, -0.25) is 5.10 Å². The highest BCUT2D eigenvalue weighted by molar-refractivity contribution is 5.30. The number of aliphatic hydroxyl groups is 1. The van der Waals surface area contributed by atoms with Crippen molar-refractivity contribution in [3.05, 3.63) is 17.0 Å². The molecule has 2 rings (SSSR count). The van der Waals surface area contributed by atoms with Crippen molar-refractivity contribution in [1.29, 1.82) is 0 Å². The summed E-state index contributed by atoms with van der Waals surface area (Å²) in [6, 6.07) is 0. The zero-order chi connectivity index (χ0) is 9.26. The van der Waals surface area contributed by atoms with Crippen molar-refractivity contribution in [1.82, 2.24) is 10.2 Å². The normalized spacial score (nSPS) is 17.4. The zero-order valence-electron chi connectivity index (χ0n) is 7.58. The Kier molecular flexibility index (Phi) is 2.33. The second-order valence-corrected chi connectivity index (χ2v) is 3.51. The van der Waals surface area contributed by atoms with E-state index >= 15 is 0 Å². The van der Waals surface area contributed by atoms with Gasteiger partial charge >= 0.3 is 0 Å². The van der Waals surface area contributed by atoms with Gasteiger partial charge in [0.2, 0.25) is 0 Å². The number of aryl methyl sites for hydroxylation is 1. The molecule has 1 aromatic rings. The molecule has 1 aromatic heterocycles. The van der Waals surface area contributed by atoms with E-state index < -0.39 is 6.10 Å². The Labute approximate surface area is 77.1 Å². The number of hydrogen-bond acceptors (Lipinski definition) is 3. The van der Waals surface area contributed by atoms with Crippen molar-refractivity contribution in [2.45, 2.75) is 31.8 Å². The molecular formula is C9H15N3O. The Morgan fingerprint density at radius 1 is 1.54 bits per heavy atom. The SMILES string of the molecule is NCC[C@@H](O)c1n[nH]c2c1CCC2. The lowest BCUT2D eigenvalue weighted by molar-refractivity contribution is 0.164. The largest absolute Gasteiger partial charge is 0.387 e. The van der Waals surface area contributed by atoms with E-state index in [0.29, 0.717) is 13.0 Å². The molecule has 0 unspecified atom stereocenters. The molecule has 0 saturated heterocycles. The van der Waals surface area contributed by atoms with E-state index in [4.69, 9.17) is 5.73 Å². The van der Waals surface area contributed by atoms with Crippen LogP contribution < -0.4 is 5.73 Å². The molecule has 72 valence electrons. The summed E-state index contributed by atoms with van der Waals surface area (Å²) in [5.74, 6) is 0. The number of aromatic amines is 1. The van der Waals surface area contributed by atoms with E-state index in [0.717, 1.165) is 18.5 Å². The highest BCUT2D eigenvalue weighted by Crippen LogP contribution is 2.27. The molecule has 4 N–H and O–H groups in total. The van der Waals surface area contributed by atoms with Crippen LogP contribution in [0, 0.1) is 0 Å². The van der Waals surface area contributed by atoms with Gasteiger partial charge in [0, 0.05) is 5.69 Å². The summed E-state index contributed by atoms with van der Waals surface area (Å²) in [5, 5.41) is 16.8. The fraction of sp³-hybridized carbons (Fsp3) is 0.667. The maximum Gasteiger partial charge on any atom is 0.0993 e. The van der Waals surface area contributed by atoms with Crippen LogP contribution >= 0.6 is 0 Å². The van der Waals surface area contributed by atoms with Crippen LogP contribution in [0.5, 0.6) is 0 Å². The van der Waals surface area contributed by atoms with Crippen LogP contribution in [0.3, 0.4) is 0 Å². The predicted molar refractivity (Wildman–Crippen MR) is 49.2 cm³/mol. The molecule has 0 spiro atoms. The summed E-state index contributed by atoms with van der Waals surface area (Å²) in [6.07, 6.45) is 3.40. The Balaban J connectivity index is 2.20. The van der Waals surface area contributed by atoms with Crippen LogP contribution in [0.25, 0.3) is 0 Å². The Morgan fingerprint density at radius 3 is 3.15 bits per heavy atom. The summed E-state index contributed by atoms with van der Waals surface area (Å²) in [7, 11) is 0. The smallest absolute Gasteiger partial charge is 0.0993 e. The van der Waals surface area contributed by atoms with Crippen LogP contribution in [0.2, 0.25) is 0 Å². The minimum absolute atomic E-state index is 0.483. The van der Waals surface area contributed by atoms with Crippen LogP contribution in [-0.4, -0.2) is 21.8 Å². The van der Waals surface area contributed by atoms with Gasteiger partial charge in [-0.1, -0.05) is 0 Å². The highest BCUT2D eigenvalue weighted by Gasteiger charge is 2.22. The number of nitrogens with one attached hydrogen (secondary N) is 1. The van der Waals surface area contributed by atoms with E-state index in [1.807, 2.05) is 0 Å². The van der Waals surface area contributed by atoms with Crippen molar-refractivity contribution in [3.63, 3.8) is 0 Å². The molecule has 0 aliphatic heterocycles. The number of aromatic nitrogens is 2. The van der Waals surface area contributed by atoms with E-state index in [1.54, 1.807) is 0 Å². The molecule has 1 aliphatic carbocycles. The molecule has 13 heavy (non-hydrogen) atoms. The topological polar surface area (TPSA) is 74.9 Å². The van der Waals surface area contributed by atoms with Crippen molar-refractivity contribution < 1.29 is 5.11 Å². The molecule has 4 nitrogen and oxygen atoms in total. The third kappa shape index (κ3) is 1.47. The third-order valence-corrected chi connectivity index (χ3v) is 2.59. The van der Waals surface area contributed by atoms with Gasteiger partial charge in [-0.05, 0) is 37.8 Å². The summed E-state index contributed by atoms with van der Waals surface area (Å²) in [6.45, 7) is 0.503. The number of hydrogen-bond donors (Lipinski definition) is 3. The van der Waals surface area contributed by atoms with Gasteiger partial charge in [0.1, 0.15) is 0 Å². The van der Waals surface area contributed by atoms with Gasteiger partial charge in [-0.2, -0.15) is 5.10 Å². The maximum atomic E-state index is 9.71. The van der Waals surface area contributed by atoms with E-state index in [1.165, 1.54) is 17.7 Å². The van der Waals surface area contributed by atoms with Gasteiger partial charge in [0.15, 0.2) is 0 Å². The molecule has 1 atom stereocenters. The first kappa shape index (κ1) is 8.72. The number of nitrogens with zero attached hydrogens (tertiary/aromatic N) is 1. The van der Waals surface area contributed by atoms with Crippen LogP contribution in [0.15, 0.2) is 0 Å². The number of H-pyrrole nitrogens is 1. The minimum atomic E-state index is -0.483. The molecule has 1 heterocycles. The van der Waals surface area contributed by atoms with Gasteiger partial charge in [0.05, 0.1) is 11.8 Å². The average molecular weight is 181 g/mol. The fourth-order valence-electron chi connectivity index (χ4n) is 1.92. The first-order valence-electron chi connectivity index (χ1n) is 4.77. The average Bonchev–Trinajstić information content (AvgIpc) is 2.62. The quantitative estimate of drug-likeness (QED) is 0.627. The highest BCUT2D eigenvalue weighted by atomic mass is 16.3. The molecule has 0 radical (unpaired) electrons. The fourth-order valence-corrected chi connectivity index (χ4v) is 1.92. The molecule has 0 bridgehead atoms. The lowest BCUT2D eigenvalue weighted by Gasteiger charge is -2.06. The molecule has 0 amide bonds. The van der Waals surface area contributed by atoms with Crippen molar-refractivity contribution in [2.75, 3.05) is 6.54 Å². The Hall–Kier alpha value is -0.870. The maximum absolute atomic E-state index is 9.71. The van der Waals surface area contributed by atoms with Gasteiger partial charge in [0.25, 0.3) is 0 Å². The first-order valence-corrected chi connectivity index (χ1v) is 4.77. The summed E-state index contributed by atoms with van der Waals surface area (Å²) < 4.78 is 0. The third-order valence-electron chi connectivity index (χ3n) is 2.59. The molecule has 1 aliphatic rings. The first-order chi connectivity index (χ1) is 6.33. The standard InChI is InChI=1S/C9H15N3O/c10-5-4-8(13)9-6-2-1-3-7(6)11-12-9/h8,13H,1-5,10H2,(H,11,12)/t8-/m1/s1. The Bertz CT molecular complexity index is 295. The lowest BCUT2D eigenvalue weighted by Crippen LogP contribution is -2.08. The zero-order valence-corrected chi connectivity index (χ0v) is 7.58. The summed E-state index contributed by atoms with van der Waals surface area (Å²) >= 11 is 0. The van der Waals surface area contributed by atoms with Crippen LogP contribution in [0.1, 0.15) is 35.9 Å². The van der Waals surface area contributed by atoms with Crippen molar-refractivity contribution in [3.8, 4) is 0 Å². The van der Waals surface area contributed by atoms with E-state index in [2.05, 4.69) is 10.2 Å². The number of rotatable bonds is 3. The van der Waals surface area contributed by atoms with Crippen molar-refractivity contribution >= 4 is 0 Å². The molecule has 4 heteroatoms. The van der Waals surface area contributed by atoms with E-state index in [9.17, 15) is 5.11 Å². The molecule has 0 fully saturated rings. The number of fused-ring (bicyclic) bond motifs is 1. The van der Waals surface area contributed by atoms with E-state index in [-0.39, 0.29) is 0 Å².